The van der Waals surface area contributed by atoms with Gasteiger partial charge in [-0.2, -0.15) is 5.26 Å². The quantitative estimate of drug-likeness (QED) is 0.536. The maximum atomic E-state index is 13.5. The third kappa shape index (κ3) is 3.64. The molecule has 5 fully saturated rings. The van der Waals surface area contributed by atoms with E-state index >= 15 is 0 Å². The molecule has 0 saturated heterocycles. The Bertz CT molecular complexity index is 1290. The summed E-state index contributed by atoms with van der Waals surface area (Å²) in [6.07, 6.45) is 16.5. The van der Waals surface area contributed by atoms with Crippen molar-refractivity contribution in [2.75, 3.05) is 0 Å². The molecule has 1 amide bonds. The summed E-state index contributed by atoms with van der Waals surface area (Å²) in [7, 11) is 0. The highest BCUT2D eigenvalue weighted by Gasteiger charge is 2.51. The van der Waals surface area contributed by atoms with Gasteiger partial charge in [0, 0.05) is 29.6 Å². The van der Waals surface area contributed by atoms with E-state index in [4.69, 9.17) is 10.2 Å². The highest BCUT2D eigenvalue weighted by molar-refractivity contribution is 6.01. The van der Waals surface area contributed by atoms with Gasteiger partial charge in [0.05, 0.1) is 24.2 Å². The number of carbonyl (C=O) groups is 1. The molecule has 3 aromatic rings. The highest BCUT2D eigenvalue weighted by Crippen LogP contribution is 2.55. The van der Waals surface area contributed by atoms with Crippen LogP contribution >= 0.6 is 0 Å². The predicted octanol–water partition coefficient (Wildman–Crippen LogP) is 5.19. The Balaban J connectivity index is 1.20. The van der Waals surface area contributed by atoms with Crippen molar-refractivity contribution in [1.29, 1.82) is 5.26 Å². The first-order valence-corrected chi connectivity index (χ1v) is 13.6. The lowest BCUT2D eigenvalue weighted by Gasteiger charge is -2.56. The maximum absolute atomic E-state index is 13.5. The number of rotatable bonds is 5. The summed E-state index contributed by atoms with van der Waals surface area (Å²) in [4.78, 5) is 26.3. The topological polar surface area (TPSA) is 99.4 Å². The number of amides is 1. The predicted molar refractivity (Wildman–Crippen MR) is 133 cm³/mol. The molecule has 0 aromatic carbocycles. The van der Waals surface area contributed by atoms with Crippen LogP contribution in [0.25, 0.3) is 22.1 Å². The first-order valence-electron chi connectivity index (χ1n) is 13.6. The van der Waals surface area contributed by atoms with Crippen LogP contribution in [0.1, 0.15) is 82.5 Å². The molecule has 4 bridgehead atoms. The Hall–Kier alpha value is -2.88. The van der Waals surface area contributed by atoms with Crippen LogP contribution in [-0.2, 0) is 11.2 Å². The summed E-state index contributed by atoms with van der Waals surface area (Å²) < 4.78 is 2.36. The van der Waals surface area contributed by atoms with E-state index < -0.39 is 0 Å². The van der Waals surface area contributed by atoms with Gasteiger partial charge < -0.3 is 14.9 Å². The van der Waals surface area contributed by atoms with Crippen molar-refractivity contribution in [2.45, 2.75) is 88.6 Å². The summed E-state index contributed by atoms with van der Waals surface area (Å²) in [5.41, 5.74) is 2.85. The minimum Gasteiger partial charge on any atom is -0.350 e. The Labute approximate surface area is 205 Å². The fourth-order valence-electron chi connectivity index (χ4n) is 8.64. The average Bonchev–Trinajstić information content (AvgIpc) is 3.42. The third-order valence-electron chi connectivity index (χ3n) is 9.63. The molecule has 5 saturated carbocycles. The Morgan fingerprint density at radius 2 is 1.86 bits per heavy atom. The number of carbonyl (C=O) groups excluding carboxylic acids is 1. The van der Waals surface area contributed by atoms with E-state index in [2.05, 4.69) is 32.0 Å². The van der Waals surface area contributed by atoms with Crippen LogP contribution in [-0.4, -0.2) is 31.0 Å². The molecule has 3 heterocycles. The zero-order valence-corrected chi connectivity index (χ0v) is 20.3. The van der Waals surface area contributed by atoms with E-state index in [1.54, 1.807) is 0 Å². The number of H-pyrrole nitrogens is 1. The number of aromatic nitrogens is 4. The van der Waals surface area contributed by atoms with Gasteiger partial charge in [0.1, 0.15) is 17.0 Å². The number of nitrogens with one attached hydrogen (secondary N) is 2. The molecule has 35 heavy (non-hydrogen) atoms. The number of hydrogen-bond donors (Lipinski definition) is 2. The second-order valence-corrected chi connectivity index (χ2v) is 12.1. The molecular formula is C28H34N6O. The van der Waals surface area contributed by atoms with Gasteiger partial charge in [0.25, 0.3) is 0 Å². The summed E-state index contributed by atoms with van der Waals surface area (Å²) >= 11 is 0. The van der Waals surface area contributed by atoms with Gasteiger partial charge in [-0.3, -0.25) is 4.79 Å². The first kappa shape index (κ1) is 21.4. The maximum Gasteiger partial charge on any atom is 0.228 e. The normalized spacial score (nSPS) is 33.9. The van der Waals surface area contributed by atoms with Crippen LogP contribution in [0.2, 0.25) is 0 Å². The highest BCUT2D eigenvalue weighted by atomic mass is 16.1. The van der Waals surface area contributed by atoms with Crippen molar-refractivity contribution < 1.29 is 4.79 Å². The molecule has 0 aliphatic heterocycles. The van der Waals surface area contributed by atoms with Gasteiger partial charge in [0.15, 0.2) is 0 Å². The van der Waals surface area contributed by atoms with E-state index in [-0.39, 0.29) is 11.4 Å². The smallest absolute Gasteiger partial charge is 0.228 e. The van der Waals surface area contributed by atoms with Crippen LogP contribution in [0.5, 0.6) is 0 Å². The van der Waals surface area contributed by atoms with Gasteiger partial charge in [-0.15, -0.1) is 0 Å². The standard InChI is InChI=1S/C28H34N6O/c29-7-5-17-1-3-21(4-2-17)34-24(32-23-16-31-27-22(26(23)34)6-8-30-27)12-25(35)33-28-13-18-9-19(14-28)11-20(10-18)15-28/h6,8,16-21H,1-5,9-15H2,(H,30,31)(H,33,35). The van der Waals surface area contributed by atoms with E-state index in [0.717, 1.165) is 71.3 Å². The SMILES string of the molecule is N#CCC1CCC(n2c(CC(=O)NC34CC5CC(CC(C5)C3)C4)nc3cnc4[nH]ccc4c32)CC1. The zero-order valence-electron chi connectivity index (χ0n) is 20.3. The summed E-state index contributed by atoms with van der Waals surface area (Å²) in [5.74, 6) is 3.90. The van der Waals surface area contributed by atoms with Crippen molar-refractivity contribution in [2.24, 2.45) is 23.7 Å². The van der Waals surface area contributed by atoms with Crippen molar-refractivity contribution >= 4 is 28.0 Å². The minimum atomic E-state index is 0.0213. The fraction of sp³-hybridized carbons (Fsp3) is 0.643. The molecule has 0 radical (unpaired) electrons. The monoisotopic (exact) mass is 470 g/mol. The van der Waals surface area contributed by atoms with E-state index in [0.29, 0.717) is 24.8 Å². The van der Waals surface area contributed by atoms with Crippen molar-refractivity contribution in [3.05, 3.63) is 24.3 Å². The molecule has 5 aliphatic rings. The van der Waals surface area contributed by atoms with Crippen LogP contribution < -0.4 is 5.32 Å². The molecule has 2 N–H and O–H groups in total. The third-order valence-corrected chi connectivity index (χ3v) is 9.63. The Morgan fingerprint density at radius 1 is 1.14 bits per heavy atom. The van der Waals surface area contributed by atoms with Crippen LogP contribution in [0.4, 0.5) is 0 Å². The van der Waals surface area contributed by atoms with Crippen molar-refractivity contribution in [1.82, 2.24) is 24.8 Å². The summed E-state index contributed by atoms with van der Waals surface area (Å²) in [6, 6.07) is 4.73. The second kappa shape index (κ2) is 8.08. The fourth-order valence-corrected chi connectivity index (χ4v) is 8.64. The molecule has 3 aromatic heterocycles. The number of hydrogen-bond acceptors (Lipinski definition) is 4. The van der Waals surface area contributed by atoms with E-state index in [9.17, 15) is 4.79 Å². The van der Waals surface area contributed by atoms with E-state index in [1.807, 2.05) is 12.4 Å². The Kier molecular flexibility index (Phi) is 4.94. The lowest BCUT2D eigenvalue weighted by atomic mass is 9.53. The van der Waals surface area contributed by atoms with E-state index in [1.165, 1.54) is 38.5 Å². The van der Waals surface area contributed by atoms with Crippen molar-refractivity contribution in [3.63, 3.8) is 0 Å². The molecule has 7 heteroatoms. The number of nitrogens with zero attached hydrogens (tertiary/aromatic N) is 4. The number of imidazole rings is 1. The molecule has 0 spiro atoms. The average molecular weight is 471 g/mol. The van der Waals surface area contributed by atoms with Crippen molar-refractivity contribution in [3.8, 4) is 6.07 Å². The second-order valence-electron chi connectivity index (χ2n) is 12.1. The Morgan fingerprint density at radius 3 is 2.54 bits per heavy atom. The van der Waals surface area contributed by atoms with Crippen LogP contribution in [0, 0.1) is 35.0 Å². The largest absolute Gasteiger partial charge is 0.350 e. The molecule has 7 nitrogen and oxygen atoms in total. The van der Waals surface area contributed by atoms with Gasteiger partial charge in [-0.1, -0.05) is 0 Å². The number of fused-ring (bicyclic) bond motifs is 3. The van der Waals surface area contributed by atoms with Gasteiger partial charge in [-0.05, 0) is 93.9 Å². The first-order chi connectivity index (χ1) is 17.1. The molecular weight excluding hydrogens is 436 g/mol. The van der Waals surface area contributed by atoms with Crippen LogP contribution in [0.15, 0.2) is 18.5 Å². The number of nitriles is 1. The number of aromatic amines is 1. The molecule has 5 aliphatic carbocycles. The minimum absolute atomic E-state index is 0.0213. The summed E-state index contributed by atoms with van der Waals surface area (Å²) in [6.45, 7) is 0. The molecule has 0 atom stereocenters. The van der Waals surface area contributed by atoms with Crippen LogP contribution in [0.3, 0.4) is 0 Å². The lowest BCUT2D eigenvalue weighted by Crippen LogP contribution is -2.60. The molecule has 182 valence electrons. The van der Waals surface area contributed by atoms with Gasteiger partial charge in [0.2, 0.25) is 5.91 Å². The molecule has 0 unspecified atom stereocenters. The zero-order chi connectivity index (χ0) is 23.6. The van der Waals surface area contributed by atoms with Gasteiger partial charge >= 0.3 is 0 Å². The molecule has 8 rings (SSSR count). The summed E-state index contributed by atoms with van der Waals surface area (Å²) in [5, 5.41) is 13.8. The lowest BCUT2D eigenvalue weighted by molar-refractivity contribution is -0.126. The number of pyridine rings is 1. The van der Waals surface area contributed by atoms with Gasteiger partial charge in [-0.25, -0.2) is 9.97 Å².